The zero-order chi connectivity index (χ0) is 11.3. The van der Waals surface area contributed by atoms with Gasteiger partial charge in [0, 0.05) is 7.97 Å². The molecule has 0 heterocycles. The van der Waals surface area contributed by atoms with Crippen molar-refractivity contribution in [2.24, 2.45) is 28.3 Å². The maximum Gasteiger partial charge on any atom is 0.308 e. The first-order valence-electron chi connectivity index (χ1n) is 5.26. The summed E-state index contributed by atoms with van der Waals surface area (Å²) in [6, 6.07) is 0. The third-order valence-electron chi connectivity index (χ3n) is 2.91. The van der Waals surface area contributed by atoms with Crippen LogP contribution in [0.3, 0.4) is 0 Å². The van der Waals surface area contributed by atoms with Crippen molar-refractivity contribution in [1.29, 1.82) is 0 Å². The molecule has 1 aliphatic carbocycles. The van der Waals surface area contributed by atoms with Gasteiger partial charge < -0.3 is 16.2 Å². The topological polar surface area (TPSA) is 90.7 Å². The highest BCUT2D eigenvalue weighted by atomic mass is 16.5. The van der Waals surface area contributed by atoms with Gasteiger partial charge in [-0.15, -0.1) is 0 Å². The second kappa shape index (κ2) is 5.58. The van der Waals surface area contributed by atoms with E-state index in [9.17, 15) is 4.79 Å². The van der Waals surface area contributed by atoms with Crippen molar-refractivity contribution in [3.8, 4) is 0 Å². The zero-order valence-electron chi connectivity index (χ0n) is 9.11. The van der Waals surface area contributed by atoms with Crippen molar-refractivity contribution in [1.82, 2.24) is 0 Å². The van der Waals surface area contributed by atoms with Gasteiger partial charge in [-0.05, 0) is 31.6 Å². The quantitative estimate of drug-likeness (QED) is 0.407. The molecule has 1 aliphatic rings. The molecule has 15 heavy (non-hydrogen) atoms. The number of aliphatic imine (C=N–C) groups is 1. The van der Waals surface area contributed by atoms with Gasteiger partial charge in [0.2, 0.25) is 0 Å². The Balaban J connectivity index is 0.00000225. The van der Waals surface area contributed by atoms with E-state index < -0.39 is 0 Å². The van der Waals surface area contributed by atoms with Crippen LogP contribution in [0.4, 0.5) is 0 Å². The van der Waals surface area contributed by atoms with Crippen molar-refractivity contribution < 1.29 is 11.0 Å². The number of esters is 1. The summed E-state index contributed by atoms with van der Waals surface area (Å²) in [5.41, 5.74) is 10.5. The fourth-order valence-electron chi connectivity index (χ4n) is 1.98. The lowest BCUT2D eigenvalue weighted by Crippen LogP contribution is -2.26. The van der Waals surface area contributed by atoms with E-state index in [1.807, 2.05) is 0 Å². The molecule has 0 bridgehead atoms. The third-order valence-corrected chi connectivity index (χ3v) is 2.91. The molecule has 0 unspecified atom stereocenters. The molecule has 0 radical (unpaired) electrons. The molecule has 0 aromatic rings. The van der Waals surface area contributed by atoms with Crippen LogP contribution in [0.1, 0.15) is 27.1 Å². The van der Waals surface area contributed by atoms with E-state index in [2.05, 4.69) is 4.99 Å². The van der Waals surface area contributed by atoms with Crippen LogP contribution in [0, 0.1) is 11.8 Å². The van der Waals surface area contributed by atoms with Crippen molar-refractivity contribution in [2.75, 3.05) is 13.7 Å². The number of methoxy groups -OCH3 is 1. The van der Waals surface area contributed by atoms with E-state index in [1.54, 1.807) is 0 Å². The average molecular weight is 215 g/mol. The van der Waals surface area contributed by atoms with Gasteiger partial charge in [0.1, 0.15) is 0 Å². The fourth-order valence-corrected chi connectivity index (χ4v) is 1.98. The number of hydrogen-bond acceptors (Lipinski definition) is 3. The first-order chi connectivity index (χ1) is 7.13. The Hall–Kier alpha value is -1.26. The number of nitrogens with two attached hydrogens (primary N) is 2. The van der Waals surface area contributed by atoms with Gasteiger partial charge in [-0.25, -0.2) is 0 Å². The number of ether oxygens (including phenoxy) is 1. The van der Waals surface area contributed by atoms with Crippen molar-refractivity contribution >= 4 is 11.9 Å². The van der Waals surface area contributed by atoms with Crippen LogP contribution in [0.15, 0.2) is 4.99 Å². The highest BCUT2D eigenvalue weighted by molar-refractivity contribution is 5.75. The largest absolute Gasteiger partial charge is 0.469 e. The summed E-state index contributed by atoms with van der Waals surface area (Å²) in [5.74, 6) is 0.638. The predicted octanol–water partition coefficient (Wildman–Crippen LogP) is 0.485. The van der Waals surface area contributed by atoms with Crippen LogP contribution in [0.5, 0.6) is 0 Å². The minimum Gasteiger partial charge on any atom is -0.469 e. The van der Waals surface area contributed by atoms with E-state index in [0.29, 0.717) is 12.5 Å². The number of rotatable bonds is 3. The van der Waals surface area contributed by atoms with Crippen LogP contribution in [0.2, 0.25) is 0 Å². The highest BCUT2D eigenvalue weighted by Crippen LogP contribution is 2.29. The Bertz CT molecular complexity index is 246. The molecule has 0 amide bonds. The molecular weight excluding hydrogens is 194 g/mol. The minimum absolute atomic E-state index is 0. The second-order valence-electron chi connectivity index (χ2n) is 4.01. The maximum absolute atomic E-state index is 11.2. The molecule has 0 aromatic heterocycles. The predicted molar refractivity (Wildman–Crippen MR) is 60.3 cm³/mol. The summed E-state index contributed by atoms with van der Waals surface area (Å²) < 4.78 is 4.72. The second-order valence-corrected chi connectivity index (χ2v) is 4.01. The monoisotopic (exact) mass is 215 g/mol. The summed E-state index contributed by atoms with van der Waals surface area (Å²) >= 11 is 0. The molecule has 0 aromatic carbocycles. The highest BCUT2D eigenvalue weighted by Gasteiger charge is 2.26. The van der Waals surface area contributed by atoms with Crippen LogP contribution in [-0.4, -0.2) is 25.6 Å². The van der Waals surface area contributed by atoms with Gasteiger partial charge >= 0.3 is 5.97 Å². The molecule has 1 rings (SSSR count). The SMILES string of the molecule is COC(=O)C1CCC(CN=C(N)N)CC1.[HH]. The van der Waals surface area contributed by atoms with Crippen LogP contribution >= 0.6 is 0 Å². The molecule has 0 spiro atoms. The maximum atomic E-state index is 11.2. The van der Waals surface area contributed by atoms with Gasteiger partial charge in [0.25, 0.3) is 0 Å². The molecule has 0 aliphatic heterocycles. The van der Waals surface area contributed by atoms with E-state index in [1.165, 1.54) is 7.11 Å². The standard InChI is InChI=1S/C10H19N3O2.H2/c1-15-9(14)8-4-2-7(3-5-8)6-13-10(11)12;/h7-8H,2-6H2,1H3,(H4,11,12,13);1H. The van der Waals surface area contributed by atoms with E-state index >= 15 is 0 Å². The molecule has 5 nitrogen and oxygen atoms in total. The Morgan fingerprint density at radius 2 is 2.00 bits per heavy atom. The van der Waals surface area contributed by atoms with Crippen molar-refractivity contribution in [2.45, 2.75) is 25.7 Å². The smallest absolute Gasteiger partial charge is 0.308 e. The number of carbonyl (C=O) groups excluding carboxylic acids is 1. The summed E-state index contributed by atoms with van der Waals surface area (Å²) in [7, 11) is 1.44. The van der Waals surface area contributed by atoms with Gasteiger partial charge in [0.15, 0.2) is 5.96 Å². The first kappa shape index (κ1) is 11.8. The van der Waals surface area contributed by atoms with Gasteiger partial charge in [-0.1, -0.05) is 0 Å². The summed E-state index contributed by atoms with van der Waals surface area (Å²) in [5, 5.41) is 0. The Morgan fingerprint density at radius 3 is 2.47 bits per heavy atom. The van der Waals surface area contributed by atoms with Crippen LogP contribution in [0.25, 0.3) is 0 Å². The number of hydrogen-bond donors (Lipinski definition) is 2. The zero-order valence-corrected chi connectivity index (χ0v) is 9.11. The molecular formula is C10H21N3O2. The lowest BCUT2D eigenvalue weighted by molar-refractivity contribution is -0.146. The molecule has 4 N–H and O–H groups in total. The van der Waals surface area contributed by atoms with Crippen molar-refractivity contribution in [3.05, 3.63) is 0 Å². The van der Waals surface area contributed by atoms with E-state index in [4.69, 9.17) is 16.2 Å². The average Bonchev–Trinajstić information content (AvgIpc) is 2.26. The third kappa shape index (κ3) is 3.77. The minimum atomic E-state index is -0.0877. The lowest BCUT2D eigenvalue weighted by atomic mass is 9.82. The number of nitrogens with zero attached hydrogens (tertiary/aromatic N) is 1. The lowest BCUT2D eigenvalue weighted by Gasteiger charge is -2.25. The Morgan fingerprint density at radius 1 is 1.40 bits per heavy atom. The Labute approximate surface area is 91.4 Å². The molecule has 88 valence electrons. The summed E-state index contributed by atoms with van der Waals surface area (Å²) in [6.07, 6.45) is 3.77. The fraction of sp³-hybridized carbons (Fsp3) is 0.800. The van der Waals surface area contributed by atoms with Gasteiger partial charge in [-0.2, -0.15) is 0 Å². The molecule has 5 heteroatoms. The van der Waals surface area contributed by atoms with Crippen LogP contribution in [-0.2, 0) is 9.53 Å². The van der Waals surface area contributed by atoms with E-state index in [-0.39, 0.29) is 19.3 Å². The number of carbonyl (C=O) groups is 1. The molecule has 0 saturated heterocycles. The van der Waals surface area contributed by atoms with Gasteiger partial charge in [0.05, 0.1) is 13.0 Å². The molecule has 1 saturated carbocycles. The summed E-state index contributed by atoms with van der Waals surface area (Å²) in [6.45, 7) is 0.677. The van der Waals surface area contributed by atoms with Crippen molar-refractivity contribution in [3.63, 3.8) is 0 Å². The van der Waals surface area contributed by atoms with Crippen LogP contribution < -0.4 is 11.5 Å². The normalized spacial score (nSPS) is 25.7. The van der Waals surface area contributed by atoms with E-state index in [0.717, 1.165) is 25.7 Å². The molecule has 0 atom stereocenters. The Kier molecular flexibility index (Phi) is 4.39. The summed E-state index contributed by atoms with van der Waals surface area (Å²) in [4.78, 5) is 15.2. The number of guanidine groups is 1. The molecule has 1 fully saturated rings. The first-order valence-corrected chi connectivity index (χ1v) is 5.26. The van der Waals surface area contributed by atoms with Gasteiger partial charge in [-0.3, -0.25) is 9.79 Å².